The van der Waals surface area contributed by atoms with Crippen molar-refractivity contribution < 1.29 is 33.0 Å². The summed E-state index contributed by atoms with van der Waals surface area (Å²) in [5, 5.41) is 21.5. The number of nitrogens with zero attached hydrogens (tertiary/aromatic N) is 2. The number of halogens is 4. The number of piperidine rings is 1. The van der Waals surface area contributed by atoms with Gasteiger partial charge in [0.05, 0.1) is 41.3 Å². The van der Waals surface area contributed by atoms with Crippen LogP contribution < -0.4 is 10.2 Å². The normalized spacial score (nSPS) is 15.9. The molecule has 39 heavy (non-hydrogen) atoms. The molecule has 0 unspecified atom stereocenters. The molecule has 0 bridgehead atoms. The number of likely N-dealkylation sites (tertiary alicyclic amines) is 1. The molecular formula is C28H27ClF3N3O4. The number of carbonyl (C=O) groups is 1. The van der Waals surface area contributed by atoms with Crippen LogP contribution in [-0.2, 0) is 4.79 Å². The van der Waals surface area contributed by atoms with Gasteiger partial charge in [-0.25, -0.2) is 18.7 Å². The summed E-state index contributed by atoms with van der Waals surface area (Å²) in [4.78, 5) is 19.0. The van der Waals surface area contributed by atoms with Crippen molar-refractivity contribution in [2.45, 2.75) is 31.8 Å². The molecule has 3 N–H and O–H groups in total. The van der Waals surface area contributed by atoms with Crippen molar-refractivity contribution in [3.8, 4) is 17.6 Å². The predicted molar refractivity (Wildman–Crippen MR) is 139 cm³/mol. The van der Waals surface area contributed by atoms with Crippen LogP contribution in [0.15, 0.2) is 36.5 Å². The van der Waals surface area contributed by atoms with Crippen molar-refractivity contribution in [3.05, 3.63) is 70.1 Å². The van der Waals surface area contributed by atoms with E-state index in [4.69, 9.17) is 16.3 Å². The minimum Gasteiger partial charge on any atom is -0.497 e. The number of aromatic nitrogens is 1. The van der Waals surface area contributed by atoms with Crippen LogP contribution in [0.3, 0.4) is 0 Å². The van der Waals surface area contributed by atoms with Gasteiger partial charge >= 0.3 is 0 Å². The van der Waals surface area contributed by atoms with Gasteiger partial charge in [-0.2, -0.15) is 0 Å². The molecule has 1 saturated heterocycles. The summed E-state index contributed by atoms with van der Waals surface area (Å²) in [5.41, 5.74) is 1.55. The molecule has 1 aromatic heterocycles. The van der Waals surface area contributed by atoms with Gasteiger partial charge in [0, 0.05) is 36.3 Å². The fourth-order valence-corrected chi connectivity index (χ4v) is 5.21. The van der Waals surface area contributed by atoms with E-state index in [1.165, 1.54) is 13.3 Å². The SMILES string of the molecule is COc1ccc2ncc(Cl)c([C@H](O)CCC3(C(=O)NO)CCN(CC#Cc4cc(F)cc(F)c4F)CC3)c2c1. The van der Waals surface area contributed by atoms with Gasteiger partial charge in [0.25, 0.3) is 0 Å². The second-order valence-corrected chi connectivity index (χ2v) is 9.91. The number of ether oxygens (including phenoxy) is 1. The summed E-state index contributed by atoms with van der Waals surface area (Å²) in [6.45, 7) is 1.04. The predicted octanol–water partition coefficient (Wildman–Crippen LogP) is 4.77. The Morgan fingerprint density at radius 3 is 2.69 bits per heavy atom. The maximum Gasteiger partial charge on any atom is 0.249 e. The molecule has 1 amide bonds. The highest BCUT2D eigenvalue weighted by atomic mass is 35.5. The third-order valence-corrected chi connectivity index (χ3v) is 7.51. The van der Waals surface area contributed by atoms with E-state index in [0.29, 0.717) is 54.2 Å². The van der Waals surface area contributed by atoms with Crippen LogP contribution in [0.25, 0.3) is 10.9 Å². The Hall–Kier alpha value is -3.36. The van der Waals surface area contributed by atoms with Gasteiger partial charge in [-0.15, -0.1) is 0 Å². The van der Waals surface area contributed by atoms with Crippen molar-refractivity contribution in [1.82, 2.24) is 15.4 Å². The first-order valence-electron chi connectivity index (χ1n) is 12.3. The topological polar surface area (TPSA) is 94.9 Å². The monoisotopic (exact) mass is 561 g/mol. The molecular weight excluding hydrogens is 535 g/mol. The van der Waals surface area contributed by atoms with Gasteiger partial charge in [0.1, 0.15) is 11.6 Å². The minimum absolute atomic E-state index is 0.188. The number of hydrogen-bond donors (Lipinski definition) is 3. The highest BCUT2D eigenvalue weighted by Crippen LogP contribution is 2.41. The number of benzene rings is 2. The molecule has 0 aliphatic carbocycles. The lowest BCUT2D eigenvalue weighted by molar-refractivity contribution is -0.143. The zero-order chi connectivity index (χ0) is 28.2. The maximum absolute atomic E-state index is 13.8. The largest absolute Gasteiger partial charge is 0.497 e. The number of hydroxylamine groups is 1. The Labute approximate surface area is 228 Å². The lowest BCUT2D eigenvalue weighted by Crippen LogP contribution is -2.48. The Morgan fingerprint density at radius 1 is 1.26 bits per heavy atom. The molecule has 0 saturated carbocycles. The van der Waals surface area contributed by atoms with E-state index in [-0.39, 0.29) is 30.0 Å². The van der Waals surface area contributed by atoms with E-state index in [9.17, 15) is 28.3 Å². The van der Waals surface area contributed by atoms with Crippen LogP contribution in [0.2, 0.25) is 5.02 Å². The summed E-state index contributed by atoms with van der Waals surface area (Å²) >= 11 is 6.41. The number of aliphatic hydroxyl groups excluding tert-OH is 1. The Kier molecular flexibility index (Phi) is 8.97. The molecule has 0 spiro atoms. The molecule has 4 rings (SSSR count). The lowest BCUT2D eigenvalue weighted by Gasteiger charge is -2.40. The molecule has 2 heterocycles. The van der Waals surface area contributed by atoms with Gasteiger partial charge in [0.2, 0.25) is 5.91 Å². The standard InChI is InChI=1S/C28H27ClF3N3O4/c1-39-19-4-5-23-20(15-19)25(21(29)16-33-23)24(36)6-7-28(27(37)34-38)8-11-35(12-9-28)10-2-3-17-13-18(30)14-22(31)26(17)32/h4-5,13-16,24,36,38H,6-12H2,1H3,(H,34,37)/t24-/m1/s1. The van der Waals surface area contributed by atoms with E-state index in [2.05, 4.69) is 16.8 Å². The van der Waals surface area contributed by atoms with Gasteiger partial charge < -0.3 is 9.84 Å². The number of amides is 1. The fraction of sp³-hybridized carbons (Fsp3) is 0.357. The van der Waals surface area contributed by atoms with Crippen molar-refractivity contribution in [1.29, 1.82) is 0 Å². The summed E-state index contributed by atoms with van der Waals surface area (Å²) in [6.07, 6.45) is 1.62. The zero-order valence-corrected chi connectivity index (χ0v) is 21.9. The van der Waals surface area contributed by atoms with Crippen LogP contribution in [0, 0.1) is 34.7 Å². The third kappa shape index (κ3) is 6.28. The second-order valence-electron chi connectivity index (χ2n) is 9.51. The summed E-state index contributed by atoms with van der Waals surface area (Å²) in [7, 11) is 1.53. The van der Waals surface area contributed by atoms with Crippen LogP contribution in [0.1, 0.15) is 42.9 Å². The van der Waals surface area contributed by atoms with Crippen LogP contribution in [0.5, 0.6) is 5.75 Å². The molecule has 2 aromatic carbocycles. The number of rotatable bonds is 7. The van der Waals surface area contributed by atoms with E-state index in [1.807, 2.05) is 4.90 Å². The van der Waals surface area contributed by atoms with Gasteiger partial charge in [0.15, 0.2) is 11.6 Å². The summed E-state index contributed by atoms with van der Waals surface area (Å²) in [6, 6.07) is 6.55. The molecule has 1 aliphatic rings. The summed E-state index contributed by atoms with van der Waals surface area (Å²) < 4.78 is 45.9. The quantitative estimate of drug-likeness (QED) is 0.167. The van der Waals surface area contributed by atoms with E-state index < -0.39 is 34.9 Å². The number of methoxy groups -OCH3 is 1. The first-order valence-corrected chi connectivity index (χ1v) is 12.7. The van der Waals surface area contributed by atoms with Crippen LogP contribution in [-0.4, -0.2) is 52.8 Å². The van der Waals surface area contributed by atoms with Crippen molar-refractivity contribution in [3.63, 3.8) is 0 Å². The van der Waals surface area contributed by atoms with E-state index >= 15 is 0 Å². The highest BCUT2D eigenvalue weighted by Gasteiger charge is 2.41. The Bertz CT molecular complexity index is 1440. The number of aliphatic hydroxyl groups is 1. The van der Waals surface area contributed by atoms with E-state index in [1.54, 1.807) is 23.7 Å². The van der Waals surface area contributed by atoms with Gasteiger partial charge in [-0.05, 0) is 49.9 Å². The molecule has 11 heteroatoms. The molecule has 0 radical (unpaired) electrons. The number of fused-ring (bicyclic) bond motifs is 1. The molecule has 1 aliphatic heterocycles. The number of carbonyl (C=O) groups excluding carboxylic acids is 1. The minimum atomic E-state index is -1.31. The first-order chi connectivity index (χ1) is 18.7. The number of pyridine rings is 1. The van der Waals surface area contributed by atoms with Gasteiger partial charge in [-0.3, -0.25) is 19.9 Å². The average Bonchev–Trinajstić information content (AvgIpc) is 2.94. The average molecular weight is 562 g/mol. The maximum atomic E-state index is 13.8. The van der Waals surface area contributed by atoms with Crippen molar-refractivity contribution in [2.24, 2.45) is 5.41 Å². The second kappa shape index (κ2) is 12.2. The van der Waals surface area contributed by atoms with Crippen molar-refractivity contribution in [2.75, 3.05) is 26.7 Å². The van der Waals surface area contributed by atoms with Crippen LogP contribution >= 0.6 is 11.6 Å². The summed E-state index contributed by atoms with van der Waals surface area (Å²) in [5.74, 6) is 1.78. The molecule has 1 atom stereocenters. The molecule has 7 nitrogen and oxygen atoms in total. The van der Waals surface area contributed by atoms with Gasteiger partial charge in [-0.1, -0.05) is 23.4 Å². The Balaban J connectivity index is 1.45. The molecule has 206 valence electrons. The molecule has 3 aromatic rings. The lowest BCUT2D eigenvalue weighted by atomic mass is 9.73. The Morgan fingerprint density at radius 2 is 2.00 bits per heavy atom. The number of hydrogen-bond acceptors (Lipinski definition) is 6. The first kappa shape index (κ1) is 28.6. The third-order valence-electron chi connectivity index (χ3n) is 7.21. The zero-order valence-electron chi connectivity index (χ0n) is 21.1. The molecule has 1 fully saturated rings. The van der Waals surface area contributed by atoms with Crippen molar-refractivity contribution >= 4 is 28.4 Å². The van der Waals surface area contributed by atoms with E-state index in [0.717, 1.165) is 6.07 Å². The highest BCUT2D eigenvalue weighted by molar-refractivity contribution is 6.32. The smallest absolute Gasteiger partial charge is 0.249 e. The van der Waals surface area contributed by atoms with Crippen LogP contribution in [0.4, 0.5) is 13.2 Å². The number of nitrogens with one attached hydrogen (secondary N) is 1. The fourth-order valence-electron chi connectivity index (χ4n) is 4.93.